The standard InChI is InChI=1S/C27H32Cl2N4O5/c1-17-24(31-26(34)30-23-14-22(29)21(28)13-18(23)9-8-12-35-4)33(19-10-6-5-7-11-19)32-25(17)36-15-20-16-37-27(2,3)38-20/h5-7,10-11,13-14,20H,8-9,12,15-16H2,1-4H3,(H2,30,31,34)/t20-/m0/s1. The Morgan fingerprint density at radius 1 is 1.18 bits per heavy atom. The fourth-order valence-electron chi connectivity index (χ4n) is 4.11. The van der Waals surface area contributed by atoms with Gasteiger partial charge in [0, 0.05) is 19.4 Å². The lowest BCUT2D eigenvalue weighted by atomic mass is 10.1. The molecule has 1 aliphatic heterocycles. The first-order chi connectivity index (χ1) is 18.2. The minimum Gasteiger partial charge on any atom is -0.473 e. The van der Waals surface area contributed by atoms with E-state index in [0.29, 0.717) is 52.6 Å². The molecular formula is C27H32Cl2N4O5. The van der Waals surface area contributed by atoms with Crippen LogP contribution in [0, 0.1) is 6.92 Å². The number of nitrogens with zero attached hydrogens (tertiary/aromatic N) is 2. The van der Waals surface area contributed by atoms with E-state index in [9.17, 15) is 4.79 Å². The fraction of sp³-hybridized carbons (Fsp3) is 0.407. The molecule has 1 saturated heterocycles. The van der Waals surface area contributed by atoms with Crippen molar-refractivity contribution < 1.29 is 23.7 Å². The Bertz CT molecular complexity index is 1270. The van der Waals surface area contributed by atoms with E-state index >= 15 is 0 Å². The first-order valence-electron chi connectivity index (χ1n) is 12.3. The predicted molar refractivity (Wildman–Crippen MR) is 148 cm³/mol. The Hall–Kier alpha value is -2.82. The number of para-hydroxylation sites is 1. The van der Waals surface area contributed by atoms with Crippen LogP contribution in [-0.2, 0) is 20.6 Å². The molecule has 2 amide bonds. The fourth-order valence-corrected chi connectivity index (χ4v) is 4.46. The first-order valence-corrected chi connectivity index (χ1v) is 13.1. The molecule has 38 heavy (non-hydrogen) atoms. The van der Waals surface area contributed by atoms with Crippen LogP contribution in [0.1, 0.15) is 31.4 Å². The quantitative estimate of drug-likeness (QED) is 0.284. The Morgan fingerprint density at radius 3 is 2.61 bits per heavy atom. The Labute approximate surface area is 232 Å². The Morgan fingerprint density at radius 2 is 1.92 bits per heavy atom. The van der Waals surface area contributed by atoms with E-state index in [-0.39, 0.29) is 12.7 Å². The van der Waals surface area contributed by atoms with Crippen molar-refractivity contribution in [2.45, 2.75) is 45.5 Å². The number of benzene rings is 2. The third-order valence-corrected chi connectivity index (χ3v) is 6.70. The molecule has 0 saturated carbocycles. The number of ether oxygens (including phenoxy) is 4. The second-order valence-corrected chi connectivity index (χ2v) is 10.2. The highest BCUT2D eigenvalue weighted by atomic mass is 35.5. The number of hydrogen-bond donors (Lipinski definition) is 2. The molecule has 1 aromatic heterocycles. The number of aromatic nitrogens is 2. The first kappa shape index (κ1) is 28.2. The summed E-state index contributed by atoms with van der Waals surface area (Å²) in [7, 11) is 1.65. The van der Waals surface area contributed by atoms with Gasteiger partial charge in [-0.1, -0.05) is 41.4 Å². The zero-order chi connectivity index (χ0) is 27.3. The van der Waals surface area contributed by atoms with Crippen molar-refractivity contribution in [3.63, 3.8) is 0 Å². The van der Waals surface area contributed by atoms with Gasteiger partial charge in [0.05, 0.1) is 27.9 Å². The lowest BCUT2D eigenvalue weighted by molar-refractivity contribution is -0.141. The van der Waals surface area contributed by atoms with Gasteiger partial charge < -0.3 is 24.3 Å². The van der Waals surface area contributed by atoms with Crippen molar-refractivity contribution >= 4 is 40.7 Å². The van der Waals surface area contributed by atoms with E-state index in [1.54, 1.807) is 23.9 Å². The molecule has 1 fully saturated rings. The average Bonchev–Trinajstić information content (AvgIpc) is 3.39. The molecule has 4 rings (SSSR count). The van der Waals surface area contributed by atoms with Crippen LogP contribution in [0.25, 0.3) is 5.69 Å². The molecule has 0 bridgehead atoms. The average molecular weight is 563 g/mol. The number of nitrogens with one attached hydrogen (secondary N) is 2. The van der Waals surface area contributed by atoms with Crippen LogP contribution in [0.5, 0.6) is 5.88 Å². The lowest BCUT2D eigenvalue weighted by Gasteiger charge is -2.17. The molecule has 0 spiro atoms. The molecule has 2 aromatic carbocycles. The summed E-state index contributed by atoms with van der Waals surface area (Å²) >= 11 is 12.5. The maximum absolute atomic E-state index is 13.2. The van der Waals surface area contributed by atoms with Crippen molar-refractivity contribution in [1.29, 1.82) is 0 Å². The highest BCUT2D eigenvalue weighted by Gasteiger charge is 2.33. The molecule has 1 atom stereocenters. The van der Waals surface area contributed by atoms with Gasteiger partial charge >= 0.3 is 6.03 Å². The van der Waals surface area contributed by atoms with Crippen LogP contribution in [0.4, 0.5) is 16.3 Å². The van der Waals surface area contributed by atoms with Crippen molar-refractivity contribution in [2.75, 3.05) is 37.6 Å². The number of carbonyl (C=O) groups excluding carboxylic acids is 1. The maximum atomic E-state index is 13.2. The summed E-state index contributed by atoms with van der Waals surface area (Å²) < 4.78 is 24.3. The van der Waals surface area contributed by atoms with Gasteiger partial charge in [-0.05, 0) is 63.4 Å². The van der Waals surface area contributed by atoms with E-state index in [0.717, 1.165) is 17.7 Å². The summed E-state index contributed by atoms with van der Waals surface area (Å²) in [6.07, 6.45) is 1.19. The maximum Gasteiger partial charge on any atom is 0.324 e. The van der Waals surface area contributed by atoms with E-state index < -0.39 is 11.8 Å². The largest absolute Gasteiger partial charge is 0.473 e. The molecule has 0 unspecified atom stereocenters. The number of hydrogen-bond acceptors (Lipinski definition) is 6. The third-order valence-electron chi connectivity index (χ3n) is 5.97. The van der Waals surface area contributed by atoms with Gasteiger partial charge in [-0.3, -0.25) is 5.32 Å². The molecule has 2 N–H and O–H groups in total. The molecule has 1 aliphatic rings. The highest BCUT2D eigenvalue weighted by Crippen LogP contribution is 2.32. The van der Waals surface area contributed by atoms with Gasteiger partial charge in [-0.2, -0.15) is 0 Å². The van der Waals surface area contributed by atoms with Gasteiger partial charge in [0.2, 0.25) is 5.88 Å². The highest BCUT2D eigenvalue weighted by molar-refractivity contribution is 6.42. The third kappa shape index (κ3) is 6.98. The molecule has 2 heterocycles. The van der Waals surface area contributed by atoms with Crippen molar-refractivity contribution in [3.05, 3.63) is 63.6 Å². The zero-order valence-electron chi connectivity index (χ0n) is 21.8. The van der Waals surface area contributed by atoms with Crippen LogP contribution in [0.15, 0.2) is 42.5 Å². The summed E-state index contributed by atoms with van der Waals surface area (Å²) in [5, 5.41) is 11.2. The second-order valence-electron chi connectivity index (χ2n) is 9.39. The van der Waals surface area contributed by atoms with Gasteiger partial charge in [-0.15, -0.1) is 5.10 Å². The van der Waals surface area contributed by atoms with E-state index in [4.69, 9.17) is 42.1 Å². The number of aryl methyl sites for hydroxylation is 1. The van der Waals surface area contributed by atoms with Gasteiger partial charge in [0.15, 0.2) is 5.79 Å². The number of halogens is 2. The summed E-state index contributed by atoms with van der Waals surface area (Å²) in [6, 6.07) is 12.4. The van der Waals surface area contributed by atoms with Crippen LogP contribution >= 0.6 is 23.2 Å². The van der Waals surface area contributed by atoms with E-state index in [1.165, 1.54) is 0 Å². The molecular weight excluding hydrogens is 531 g/mol. The van der Waals surface area contributed by atoms with Crippen LogP contribution in [0.2, 0.25) is 10.0 Å². The van der Waals surface area contributed by atoms with Crippen LogP contribution in [0.3, 0.4) is 0 Å². The smallest absolute Gasteiger partial charge is 0.324 e. The van der Waals surface area contributed by atoms with Crippen molar-refractivity contribution in [1.82, 2.24) is 9.78 Å². The second kappa shape index (κ2) is 12.4. The van der Waals surface area contributed by atoms with Gasteiger partial charge in [0.25, 0.3) is 0 Å². The van der Waals surface area contributed by atoms with Gasteiger partial charge in [-0.25, -0.2) is 9.48 Å². The monoisotopic (exact) mass is 562 g/mol. The number of amides is 2. The molecule has 11 heteroatoms. The summed E-state index contributed by atoms with van der Waals surface area (Å²) in [5.41, 5.74) is 2.84. The summed E-state index contributed by atoms with van der Waals surface area (Å²) in [5.74, 6) is 0.199. The molecule has 204 valence electrons. The van der Waals surface area contributed by atoms with Gasteiger partial charge in [0.1, 0.15) is 18.5 Å². The van der Waals surface area contributed by atoms with E-state index in [1.807, 2.05) is 51.1 Å². The van der Waals surface area contributed by atoms with E-state index in [2.05, 4.69) is 15.7 Å². The zero-order valence-corrected chi connectivity index (χ0v) is 23.4. The van der Waals surface area contributed by atoms with Crippen LogP contribution in [-0.4, -0.2) is 54.6 Å². The molecule has 0 radical (unpaired) electrons. The topological polar surface area (TPSA) is 95.9 Å². The van der Waals surface area contributed by atoms with Crippen molar-refractivity contribution in [3.8, 4) is 11.6 Å². The number of carbonyl (C=O) groups is 1. The normalized spacial score (nSPS) is 16.4. The SMILES string of the molecule is COCCCc1cc(Cl)c(Cl)cc1NC(=O)Nc1c(C)c(OC[C@H]2COC(C)(C)O2)nn1-c1ccccc1. The summed E-state index contributed by atoms with van der Waals surface area (Å²) in [4.78, 5) is 13.2. The summed E-state index contributed by atoms with van der Waals surface area (Å²) in [6.45, 7) is 6.83. The van der Waals surface area contributed by atoms with Crippen molar-refractivity contribution in [2.24, 2.45) is 0 Å². The number of methoxy groups -OCH3 is 1. The van der Waals surface area contributed by atoms with Crippen LogP contribution < -0.4 is 15.4 Å². The minimum atomic E-state index is -0.649. The molecule has 9 nitrogen and oxygen atoms in total. The number of anilines is 2. The molecule has 0 aliphatic carbocycles. The minimum absolute atomic E-state index is 0.225. The molecule has 3 aromatic rings. The predicted octanol–water partition coefficient (Wildman–Crippen LogP) is 6.24. The lowest BCUT2D eigenvalue weighted by Crippen LogP contribution is -2.25. The number of rotatable bonds is 10. The Kier molecular flexibility index (Phi) is 9.17. The number of urea groups is 1. The Balaban J connectivity index is 1.55.